The molecule has 4 N–H and O–H groups in total. The van der Waals surface area contributed by atoms with E-state index >= 15 is 0 Å². The number of carboxylic acid groups (broad SMARTS) is 1. The maximum absolute atomic E-state index is 13.8. The van der Waals surface area contributed by atoms with Crippen LogP contribution in [0.25, 0.3) is 6.08 Å². The number of aliphatic hydroxyl groups is 3. The van der Waals surface area contributed by atoms with E-state index in [0.29, 0.717) is 30.7 Å². The number of benzene rings is 1. The van der Waals surface area contributed by atoms with Crippen LogP contribution in [0.5, 0.6) is 0 Å². The summed E-state index contributed by atoms with van der Waals surface area (Å²) in [7, 11) is 0. The van der Waals surface area contributed by atoms with Gasteiger partial charge in [-0.2, -0.15) is 0 Å². The Morgan fingerprint density at radius 1 is 1.23 bits per heavy atom. The summed E-state index contributed by atoms with van der Waals surface area (Å²) in [5.74, 6) is -1.70. The highest BCUT2D eigenvalue weighted by atomic mass is 35.5. The van der Waals surface area contributed by atoms with Crippen LogP contribution in [0.1, 0.15) is 56.9 Å². The highest BCUT2D eigenvalue weighted by Gasteiger charge is 2.42. The minimum atomic E-state index is -0.826. The van der Waals surface area contributed by atoms with E-state index in [-0.39, 0.29) is 30.2 Å². The number of rotatable bonds is 12. The molecule has 5 atom stereocenters. The first-order valence-electron chi connectivity index (χ1n) is 10.8. The van der Waals surface area contributed by atoms with Crippen LogP contribution in [-0.4, -0.2) is 44.7 Å². The van der Waals surface area contributed by atoms with E-state index in [1.54, 1.807) is 0 Å². The van der Waals surface area contributed by atoms with Gasteiger partial charge in [-0.05, 0) is 56.2 Å². The molecule has 1 saturated carbocycles. The van der Waals surface area contributed by atoms with Gasteiger partial charge in [-0.25, -0.2) is 4.39 Å². The molecule has 0 radical (unpaired) electrons. The Morgan fingerprint density at radius 3 is 2.65 bits per heavy atom. The lowest BCUT2D eigenvalue weighted by Crippen LogP contribution is -2.25. The fourth-order valence-corrected chi connectivity index (χ4v) is 4.51. The van der Waals surface area contributed by atoms with E-state index in [4.69, 9.17) is 16.7 Å². The predicted octanol–water partition coefficient (Wildman–Crippen LogP) is 4.58. The quantitative estimate of drug-likeness (QED) is 0.273. The van der Waals surface area contributed by atoms with Crippen LogP contribution in [0, 0.1) is 17.7 Å². The molecular formula is C24H32ClFO5. The van der Waals surface area contributed by atoms with Gasteiger partial charge in [0.2, 0.25) is 0 Å². The molecule has 0 spiro atoms. The molecule has 0 heterocycles. The largest absolute Gasteiger partial charge is 0.481 e. The Morgan fingerprint density at radius 2 is 1.94 bits per heavy atom. The second kappa shape index (κ2) is 12.3. The lowest BCUT2D eigenvalue weighted by molar-refractivity contribution is -0.137. The molecule has 5 unspecified atom stereocenters. The van der Waals surface area contributed by atoms with Gasteiger partial charge >= 0.3 is 5.97 Å². The van der Waals surface area contributed by atoms with Gasteiger partial charge in [0.1, 0.15) is 5.82 Å². The third kappa shape index (κ3) is 8.04. The maximum Gasteiger partial charge on any atom is 0.303 e. The van der Waals surface area contributed by atoms with Crippen LogP contribution < -0.4 is 0 Å². The van der Waals surface area contributed by atoms with Crippen molar-refractivity contribution in [1.82, 2.24) is 0 Å². The number of hydrogen-bond donors (Lipinski definition) is 4. The first-order chi connectivity index (χ1) is 14.7. The number of unbranched alkanes of at least 4 members (excludes halogenated alkanes) is 2. The average molecular weight is 455 g/mol. The molecule has 0 bridgehead atoms. The summed E-state index contributed by atoms with van der Waals surface area (Å²) in [6, 6.07) is 4.20. The van der Waals surface area contributed by atoms with Crippen molar-refractivity contribution >= 4 is 23.6 Å². The van der Waals surface area contributed by atoms with Crippen molar-refractivity contribution in [2.24, 2.45) is 11.8 Å². The third-order valence-corrected chi connectivity index (χ3v) is 6.20. The van der Waals surface area contributed by atoms with E-state index in [1.165, 1.54) is 30.4 Å². The lowest BCUT2D eigenvalue weighted by Gasteiger charge is -2.26. The molecule has 0 saturated heterocycles. The third-order valence-electron chi connectivity index (χ3n) is 5.96. The Kier molecular flexibility index (Phi) is 10.2. The van der Waals surface area contributed by atoms with Gasteiger partial charge in [0.05, 0.1) is 18.3 Å². The monoisotopic (exact) mass is 454 g/mol. The first-order valence-corrected chi connectivity index (χ1v) is 11.1. The van der Waals surface area contributed by atoms with Crippen molar-refractivity contribution in [1.29, 1.82) is 0 Å². The van der Waals surface area contributed by atoms with Crippen LogP contribution in [0.2, 0.25) is 5.02 Å². The molecule has 0 amide bonds. The molecule has 1 aromatic rings. The fourth-order valence-electron chi connectivity index (χ4n) is 4.33. The molecule has 31 heavy (non-hydrogen) atoms. The molecular weight excluding hydrogens is 423 g/mol. The number of carbonyl (C=O) groups is 1. The van der Waals surface area contributed by atoms with Gasteiger partial charge in [0.25, 0.3) is 0 Å². The number of halogens is 2. The normalized spacial score (nSPS) is 24.5. The predicted molar refractivity (Wildman–Crippen MR) is 119 cm³/mol. The van der Waals surface area contributed by atoms with E-state index in [2.05, 4.69) is 6.58 Å². The summed E-state index contributed by atoms with van der Waals surface area (Å²) in [6.45, 7) is 4.11. The van der Waals surface area contributed by atoms with Crippen LogP contribution in [0.3, 0.4) is 0 Å². The zero-order valence-corrected chi connectivity index (χ0v) is 18.3. The summed E-state index contributed by atoms with van der Waals surface area (Å²) in [4.78, 5) is 10.6. The molecule has 5 nitrogen and oxygen atoms in total. The molecule has 7 heteroatoms. The molecule has 2 rings (SSSR count). The highest BCUT2D eigenvalue weighted by molar-refractivity contribution is 6.30. The summed E-state index contributed by atoms with van der Waals surface area (Å²) in [5, 5.41) is 40.2. The highest BCUT2D eigenvalue weighted by Crippen LogP contribution is 2.41. The van der Waals surface area contributed by atoms with Gasteiger partial charge in [-0.1, -0.05) is 42.3 Å². The minimum absolute atomic E-state index is 0.143. The van der Waals surface area contributed by atoms with Crippen molar-refractivity contribution in [3.8, 4) is 0 Å². The van der Waals surface area contributed by atoms with Gasteiger partial charge < -0.3 is 20.4 Å². The topological polar surface area (TPSA) is 98.0 Å². The Hall–Kier alpha value is -1.73. The standard InChI is InChI=1S/C24H32ClFO5/c1-15(5-3-2-4-6-23(30)31)24-19(21(28)14-22(24)29)11-10-18(27)9-7-16-13-17(25)8-12-20(16)26/h7-9,12-13,18-19,21-22,24,27-29H,1-6,10-11,14H2,(H,30,31). The van der Waals surface area contributed by atoms with Crippen LogP contribution in [-0.2, 0) is 4.79 Å². The Balaban J connectivity index is 1.87. The van der Waals surface area contributed by atoms with Crippen LogP contribution in [0.15, 0.2) is 36.4 Å². The smallest absolute Gasteiger partial charge is 0.303 e. The van der Waals surface area contributed by atoms with E-state index in [9.17, 15) is 24.5 Å². The Labute approximate surface area is 187 Å². The van der Waals surface area contributed by atoms with Crippen molar-refractivity contribution in [3.63, 3.8) is 0 Å². The fraction of sp³-hybridized carbons (Fsp3) is 0.542. The first kappa shape index (κ1) is 25.5. The SMILES string of the molecule is C=C(CCCCCC(=O)O)C1C(O)CC(O)C1CCC(O)C=Cc1cc(Cl)ccc1F. The zero-order chi connectivity index (χ0) is 23.0. The second-order valence-corrected chi connectivity index (χ2v) is 8.78. The summed E-state index contributed by atoms with van der Waals surface area (Å²) in [5.41, 5.74) is 1.15. The summed E-state index contributed by atoms with van der Waals surface area (Å²) in [6.07, 6.45) is 4.89. The van der Waals surface area contributed by atoms with Gasteiger partial charge in [-0.15, -0.1) is 0 Å². The molecule has 1 aliphatic rings. The number of hydrogen-bond acceptors (Lipinski definition) is 4. The number of aliphatic carboxylic acids is 1. The van der Waals surface area contributed by atoms with Gasteiger partial charge in [-0.3, -0.25) is 4.79 Å². The molecule has 0 aliphatic heterocycles. The minimum Gasteiger partial charge on any atom is -0.481 e. The van der Waals surface area contributed by atoms with Crippen molar-refractivity contribution < 1.29 is 29.6 Å². The molecule has 1 aliphatic carbocycles. The van der Waals surface area contributed by atoms with E-state index < -0.39 is 30.1 Å². The zero-order valence-electron chi connectivity index (χ0n) is 17.6. The Bertz CT molecular complexity index is 781. The molecule has 0 aromatic heterocycles. The number of carboxylic acids is 1. The number of aliphatic hydroxyl groups excluding tert-OH is 3. The summed E-state index contributed by atoms with van der Waals surface area (Å²) < 4.78 is 13.8. The molecule has 172 valence electrons. The summed E-state index contributed by atoms with van der Waals surface area (Å²) >= 11 is 5.87. The van der Waals surface area contributed by atoms with Crippen LogP contribution >= 0.6 is 11.6 Å². The molecule has 1 aromatic carbocycles. The van der Waals surface area contributed by atoms with E-state index in [1.807, 2.05) is 0 Å². The van der Waals surface area contributed by atoms with Gasteiger partial charge in [0, 0.05) is 29.3 Å². The second-order valence-electron chi connectivity index (χ2n) is 8.34. The molecule has 1 fully saturated rings. The van der Waals surface area contributed by atoms with Crippen LogP contribution in [0.4, 0.5) is 4.39 Å². The van der Waals surface area contributed by atoms with E-state index in [0.717, 1.165) is 18.4 Å². The average Bonchev–Trinajstić information content (AvgIpc) is 2.99. The maximum atomic E-state index is 13.8. The van der Waals surface area contributed by atoms with Gasteiger partial charge in [0.15, 0.2) is 0 Å². The lowest BCUT2D eigenvalue weighted by atomic mass is 9.82. The van der Waals surface area contributed by atoms with Crippen molar-refractivity contribution in [3.05, 3.63) is 52.8 Å². The van der Waals surface area contributed by atoms with Crippen molar-refractivity contribution in [2.75, 3.05) is 0 Å². The van der Waals surface area contributed by atoms with Crippen molar-refractivity contribution in [2.45, 2.75) is 69.7 Å².